The fourth-order valence-electron chi connectivity index (χ4n) is 6.25. The maximum absolute atomic E-state index is 13.4. The van der Waals surface area contributed by atoms with E-state index in [9.17, 15) is 9.59 Å². The van der Waals surface area contributed by atoms with Crippen molar-refractivity contribution in [1.29, 1.82) is 0 Å². The van der Waals surface area contributed by atoms with Gasteiger partial charge in [-0.05, 0) is 81.3 Å². The van der Waals surface area contributed by atoms with Gasteiger partial charge in [-0.2, -0.15) is 0 Å². The molecule has 8 nitrogen and oxygen atoms in total. The Morgan fingerprint density at radius 3 is 2.35 bits per heavy atom. The summed E-state index contributed by atoms with van der Waals surface area (Å²) in [4.78, 5) is 33.2. The molecule has 0 saturated carbocycles. The summed E-state index contributed by atoms with van der Waals surface area (Å²) in [6.45, 7) is 18.1. The van der Waals surface area contributed by atoms with Gasteiger partial charge in [-0.3, -0.25) is 14.3 Å². The van der Waals surface area contributed by atoms with Crippen LogP contribution in [0.3, 0.4) is 0 Å². The molecular formula is C36H50Cl2N4O4. The summed E-state index contributed by atoms with van der Waals surface area (Å²) in [6, 6.07) is 14.9. The van der Waals surface area contributed by atoms with Crippen LogP contribution < -0.4 is 15.2 Å². The first-order valence-electron chi connectivity index (χ1n) is 16.7. The number of benzene rings is 2. The summed E-state index contributed by atoms with van der Waals surface area (Å²) >= 11 is 12.6. The topological polar surface area (TPSA) is 67.2 Å². The molecule has 0 N–H and O–H groups in total. The van der Waals surface area contributed by atoms with E-state index in [-0.39, 0.29) is 17.5 Å². The third kappa shape index (κ3) is 9.11. The van der Waals surface area contributed by atoms with Crippen molar-refractivity contribution >= 4 is 45.9 Å². The molecule has 10 heteroatoms. The number of anilines is 1. The van der Waals surface area contributed by atoms with E-state index in [2.05, 4.69) is 23.6 Å². The highest BCUT2D eigenvalue weighted by Gasteiger charge is 2.28. The van der Waals surface area contributed by atoms with E-state index in [0.29, 0.717) is 40.4 Å². The Morgan fingerprint density at radius 1 is 0.957 bits per heavy atom. The van der Waals surface area contributed by atoms with Crippen LogP contribution in [0.2, 0.25) is 10.0 Å². The van der Waals surface area contributed by atoms with Gasteiger partial charge in [0.25, 0.3) is 5.56 Å². The van der Waals surface area contributed by atoms with Crippen LogP contribution in [0.5, 0.6) is 5.75 Å². The summed E-state index contributed by atoms with van der Waals surface area (Å²) in [5.74, 6) is 1.02. The molecule has 2 unspecified atom stereocenters. The van der Waals surface area contributed by atoms with Gasteiger partial charge in [-0.25, -0.2) is 4.79 Å². The van der Waals surface area contributed by atoms with E-state index in [1.165, 1.54) is 6.07 Å². The number of ether oxygens (including phenoxy) is 2. The molecule has 1 fully saturated rings. The number of fused-ring (bicyclic) bond motifs is 1. The van der Waals surface area contributed by atoms with E-state index in [1.54, 1.807) is 15.5 Å². The van der Waals surface area contributed by atoms with Crippen molar-refractivity contribution in [3.63, 3.8) is 0 Å². The van der Waals surface area contributed by atoms with Gasteiger partial charge in [0.15, 0.2) is 6.23 Å². The Bertz CT molecular complexity index is 1500. The number of pyridine rings is 1. The van der Waals surface area contributed by atoms with Crippen molar-refractivity contribution in [2.75, 3.05) is 50.8 Å². The predicted octanol–water partition coefficient (Wildman–Crippen LogP) is 8.34. The number of piperazine rings is 1. The molecule has 1 aliphatic rings. The highest BCUT2D eigenvalue weighted by atomic mass is 35.5. The van der Waals surface area contributed by atoms with E-state index in [4.69, 9.17) is 32.7 Å². The number of amides is 1. The molecule has 0 radical (unpaired) electrons. The molecule has 46 heavy (non-hydrogen) atoms. The van der Waals surface area contributed by atoms with Crippen molar-refractivity contribution in [2.45, 2.75) is 73.1 Å². The van der Waals surface area contributed by atoms with Crippen LogP contribution in [0, 0.1) is 11.8 Å². The third-order valence-electron chi connectivity index (χ3n) is 8.65. The molecule has 4 rings (SSSR count). The summed E-state index contributed by atoms with van der Waals surface area (Å²) in [7, 11) is 0. The van der Waals surface area contributed by atoms with Crippen LogP contribution in [0.1, 0.15) is 67.0 Å². The molecule has 0 spiro atoms. The first-order chi connectivity index (χ1) is 22.0. The molecule has 1 amide bonds. The second kappa shape index (κ2) is 16.8. The average Bonchev–Trinajstić information content (AvgIpc) is 3.01. The molecule has 2 aromatic carbocycles. The lowest BCUT2D eigenvalue weighted by atomic mass is 10.0. The van der Waals surface area contributed by atoms with Crippen molar-refractivity contribution in [3.05, 3.63) is 68.9 Å². The van der Waals surface area contributed by atoms with Crippen LogP contribution >= 0.6 is 23.2 Å². The van der Waals surface area contributed by atoms with Crippen LogP contribution in [-0.2, 0) is 4.74 Å². The van der Waals surface area contributed by atoms with Crippen LogP contribution in [0.4, 0.5) is 10.5 Å². The minimum absolute atomic E-state index is 0.0344. The van der Waals surface area contributed by atoms with Gasteiger partial charge in [0.05, 0.1) is 27.9 Å². The van der Waals surface area contributed by atoms with E-state index >= 15 is 0 Å². The maximum Gasteiger partial charge on any atom is 0.411 e. The molecule has 1 aromatic heterocycles. The normalized spacial score (nSPS) is 15.4. The van der Waals surface area contributed by atoms with Gasteiger partial charge >= 0.3 is 6.09 Å². The largest absolute Gasteiger partial charge is 0.494 e. The average molecular weight is 674 g/mol. The summed E-state index contributed by atoms with van der Waals surface area (Å²) < 4.78 is 13.8. The SMILES string of the molecule is CCN(C(=O)OC(C(C)C)n1c(=O)ccc2ccc(OCCCCN3CCN(c4cccc(Cl)c4Cl)CC3)cc21)C(C)CC(C)C. The van der Waals surface area contributed by atoms with Crippen molar-refractivity contribution in [1.82, 2.24) is 14.4 Å². The van der Waals surface area contributed by atoms with E-state index in [0.717, 1.165) is 63.1 Å². The molecule has 0 aliphatic carbocycles. The highest BCUT2D eigenvalue weighted by molar-refractivity contribution is 6.43. The van der Waals surface area contributed by atoms with E-state index in [1.807, 2.05) is 64.1 Å². The molecule has 2 atom stereocenters. The number of halogens is 2. The van der Waals surface area contributed by atoms with Gasteiger partial charge in [-0.1, -0.05) is 57.0 Å². The van der Waals surface area contributed by atoms with Gasteiger partial charge in [0.2, 0.25) is 0 Å². The number of rotatable bonds is 14. The summed E-state index contributed by atoms with van der Waals surface area (Å²) in [5, 5.41) is 2.09. The monoisotopic (exact) mass is 672 g/mol. The Hall–Kier alpha value is -2.94. The second-order valence-electron chi connectivity index (χ2n) is 13.0. The molecule has 0 bridgehead atoms. The predicted molar refractivity (Wildman–Crippen MR) is 190 cm³/mol. The van der Waals surface area contributed by atoms with Gasteiger partial charge in [0, 0.05) is 56.8 Å². The number of nitrogens with zero attached hydrogens (tertiary/aromatic N) is 4. The zero-order chi connectivity index (χ0) is 33.4. The van der Waals surface area contributed by atoms with Gasteiger partial charge < -0.3 is 19.3 Å². The summed E-state index contributed by atoms with van der Waals surface area (Å²) in [5.41, 5.74) is 1.47. The minimum Gasteiger partial charge on any atom is -0.494 e. The number of hydrogen-bond acceptors (Lipinski definition) is 6. The number of carbonyl (C=O) groups is 1. The lowest BCUT2D eigenvalue weighted by molar-refractivity contribution is -0.00356. The molecule has 1 saturated heterocycles. The lowest BCUT2D eigenvalue weighted by Crippen LogP contribution is -2.46. The Kier molecular flexibility index (Phi) is 13.1. The van der Waals surface area contributed by atoms with E-state index < -0.39 is 12.3 Å². The zero-order valence-electron chi connectivity index (χ0n) is 28.2. The smallest absolute Gasteiger partial charge is 0.411 e. The lowest BCUT2D eigenvalue weighted by Gasteiger charge is -2.36. The molecule has 252 valence electrons. The molecule has 2 heterocycles. The van der Waals surface area contributed by atoms with Gasteiger partial charge in [0.1, 0.15) is 5.75 Å². The molecule has 3 aromatic rings. The Morgan fingerprint density at radius 2 is 1.67 bits per heavy atom. The van der Waals surface area contributed by atoms with Crippen molar-refractivity contribution < 1.29 is 14.3 Å². The van der Waals surface area contributed by atoms with Crippen molar-refractivity contribution in [2.24, 2.45) is 11.8 Å². The minimum atomic E-state index is -0.755. The zero-order valence-corrected chi connectivity index (χ0v) is 29.7. The first-order valence-corrected chi connectivity index (χ1v) is 17.4. The number of aromatic nitrogens is 1. The summed E-state index contributed by atoms with van der Waals surface area (Å²) in [6.07, 6.45) is 1.65. The standard InChI is InChI=1S/C36H50Cl2N4O4/c1-7-41(27(6)23-25(2)3)36(44)46-35(26(4)5)42-32-24-29(15-13-28(32)14-16-33(42)43)45-22-9-8-17-39-18-20-40(21-19-39)31-12-10-11-30(37)34(31)38/h10-16,24-27,35H,7-9,17-23H2,1-6H3. The van der Waals surface area contributed by atoms with Crippen molar-refractivity contribution in [3.8, 4) is 5.75 Å². The quantitative estimate of drug-likeness (QED) is 0.160. The maximum atomic E-state index is 13.4. The molecule has 1 aliphatic heterocycles. The highest BCUT2D eigenvalue weighted by Crippen LogP contribution is 2.33. The first kappa shape index (κ1) is 35.9. The fraction of sp³-hybridized carbons (Fsp3) is 0.556. The number of carbonyl (C=O) groups excluding carboxylic acids is 1. The van der Waals surface area contributed by atoms with Crippen LogP contribution in [0.15, 0.2) is 53.3 Å². The van der Waals surface area contributed by atoms with Crippen LogP contribution in [-0.4, -0.2) is 72.4 Å². The fourth-order valence-corrected chi connectivity index (χ4v) is 6.67. The van der Waals surface area contributed by atoms with Gasteiger partial charge in [-0.15, -0.1) is 0 Å². The third-order valence-corrected chi connectivity index (χ3v) is 9.46. The molecular weight excluding hydrogens is 623 g/mol. The Balaban J connectivity index is 1.35. The second-order valence-corrected chi connectivity index (χ2v) is 13.8. The number of hydrogen-bond donors (Lipinski definition) is 0. The number of unbranched alkanes of at least 4 members (excludes halogenated alkanes) is 1. The van der Waals surface area contributed by atoms with Crippen LogP contribution in [0.25, 0.3) is 10.9 Å². The Labute approximate surface area is 284 Å².